The fourth-order valence-corrected chi connectivity index (χ4v) is 2.18. The molecule has 0 saturated heterocycles. The molecule has 1 aliphatic rings. The van der Waals surface area contributed by atoms with Gasteiger partial charge in [0.05, 0.1) is 12.2 Å². The predicted octanol–water partition coefficient (Wildman–Crippen LogP) is 2.99. The molecule has 18 heavy (non-hydrogen) atoms. The van der Waals surface area contributed by atoms with Crippen LogP contribution in [-0.4, -0.2) is 12.4 Å². The highest BCUT2D eigenvalue weighted by Crippen LogP contribution is 2.30. The van der Waals surface area contributed by atoms with Crippen LogP contribution in [0.4, 0.5) is 4.39 Å². The van der Waals surface area contributed by atoms with Gasteiger partial charge in [0.15, 0.2) is 5.78 Å². The molecule has 2 aromatic carbocycles. The SMILES string of the molecule is O=C(c1cccc(F)c1)c1cccc2c1OCC2. The van der Waals surface area contributed by atoms with Gasteiger partial charge in [0.1, 0.15) is 11.6 Å². The minimum absolute atomic E-state index is 0.201. The molecule has 0 bridgehead atoms. The fourth-order valence-electron chi connectivity index (χ4n) is 2.18. The lowest BCUT2D eigenvalue weighted by atomic mass is 10.00. The van der Waals surface area contributed by atoms with Crippen molar-refractivity contribution >= 4 is 5.78 Å². The van der Waals surface area contributed by atoms with Gasteiger partial charge < -0.3 is 4.74 Å². The van der Waals surface area contributed by atoms with E-state index in [0.717, 1.165) is 12.0 Å². The molecule has 2 nitrogen and oxygen atoms in total. The first-order chi connectivity index (χ1) is 8.75. The molecule has 0 radical (unpaired) electrons. The molecular weight excluding hydrogens is 231 g/mol. The maximum atomic E-state index is 13.1. The van der Waals surface area contributed by atoms with Gasteiger partial charge in [-0.15, -0.1) is 0 Å². The van der Waals surface area contributed by atoms with Gasteiger partial charge in [-0.25, -0.2) is 4.39 Å². The third kappa shape index (κ3) is 1.78. The van der Waals surface area contributed by atoms with E-state index < -0.39 is 5.82 Å². The van der Waals surface area contributed by atoms with Crippen LogP contribution >= 0.6 is 0 Å². The Labute approximate surface area is 104 Å². The second kappa shape index (κ2) is 4.26. The van der Waals surface area contributed by atoms with Crippen molar-refractivity contribution in [1.82, 2.24) is 0 Å². The molecule has 3 rings (SSSR count). The molecule has 0 atom stereocenters. The van der Waals surface area contributed by atoms with Crippen molar-refractivity contribution in [2.75, 3.05) is 6.61 Å². The highest BCUT2D eigenvalue weighted by atomic mass is 19.1. The van der Waals surface area contributed by atoms with Crippen LogP contribution in [0.15, 0.2) is 42.5 Å². The number of halogens is 1. The largest absolute Gasteiger partial charge is 0.492 e. The summed E-state index contributed by atoms with van der Waals surface area (Å²) in [6.45, 7) is 0.600. The van der Waals surface area contributed by atoms with Crippen LogP contribution in [0.3, 0.4) is 0 Å². The maximum Gasteiger partial charge on any atom is 0.196 e. The Morgan fingerprint density at radius 1 is 1.17 bits per heavy atom. The van der Waals surface area contributed by atoms with Crippen molar-refractivity contribution < 1.29 is 13.9 Å². The minimum atomic E-state index is -0.408. The van der Waals surface area contributed by atoms with Crippen molar-refractivity contribution in [3.8, 4) is 5.75 Å². The third-order valence-corrected chi connectivity index (χ3v) is 3.05. The Kier molecular flexibility index (Phi) is 2.59. The molecule has 1 heterocycles. The van der Waals surface area contributed by atoms with Crippen LogP contribution in [-0.2, 0) is 6.42 Å². The number of carbonyl (C=O) groups is 1. The number of ether oxygens (including phenoxy) is 1. The predicted molar refractivity (Wildman–Crippen MR) is 65.5 cm³/mol. The topological polar surface area (TPSA) is 26.3 Å². The number of rotatable bonds is 2. The lowest BCUT2D eigenvalue weighted by molar-refractivity contribution is 0.103. The first kappa shape index (κ1) is 11.0. The first-order valence-corrected chi connectivity index (χ1v) is 5.80. The Morgan fingerprint density at radius 3 is 2.83 bits per heavy atom. The van der Waals surface area contributed by atoms with Gasteiger partial charge in [-0.3, -0.25) is 4.79 Å². The second-order valence-electron chi connectivity index (χ2n) is 4.23. The Morgan fingerprint density at radius 2 is 2.00 bits per heavy atom. The normalized spacial score (nSPS) is 12.9. The molecule has 0 unspecified atom stereocenters. The van der Waals surface area contributed by atoms with E-state index in [0.29, 0.717) is 23.5 Å². The lowest BCUT2D eigenvalue weighted by Gasteiger charge is -2.07. The van der Waals surface area contributed by atoms with Crippen LogP contribution in [0.1, 0.15) is 21.5 Å². The smallest absolute Gasteiger partial charge is 0.196 e. The molecule has 0 spiro atoms. The summed E-state index contributed by atoms with van der Waals surface area (Å²) in [7, 11) is 0. The Bertz CT molecular complexity index is 620. The average molecular weight is 242 g/mol. The zero-order valence-electron chi connectivity index (χ0n) is 9.65. The van der Waals surface area contributed by atoms with Crippen molar-refractivity contribution in [3.05, 3.63) is 65.0 Å². The van der Waals surface area contributed by atoms with Crippen LogP contribution in [0.5, 0.6) is 5.75 Å². The minimum Gasteiger partial charge on any atom is -0.492 e. The first-order valence-electron chi connectivity index (χ1n) is 5.80. The number of fused-ring (bicyclic) bond motifs is 1. The van der Waals surface area contributed by atoms with E-state index in [9.17, 15) is 9.18 Å². The molecule has 0 saturated carbocycles. The second-order valence-corrected chi connectivity index (χ2v) is 4.23. The molecule has 3 heteroatoms. The third-order valence-electron chi connectivity index (χ3n) is 3.05. The van der Waals surface area contributed by atoms with Crippen LogP contribution in [0, 0.1) is 5.82 Å². The number of hydrogen-bond donors (Lipinski definition) is 0. The van der Waals surface area contributed by atoms with E-state index in [1.165, 1.54) is 18.2 Å². The van der Waals surface area contributed by atoms with Crippen molar-refractivity contribution in [1.29, 1.82) is 0 Å². The standard InChI is InChI=1S/C15H11FO2/c16-12-5-1-4-11(9-12)14(17)13-6-2-3-10-7-8-18-15(10)13/h1-6,9H,7-8H2. The van der Waals surface area contributed by atoms with E-state index in [-0.39, 0.29) is 5.78 Å². The quantitative estimate of drug-likeness (QED) is 0.757. The zero-order chi connectivity index (χ0) is 12.5. The van der Waals surface area contributed by atoms with E-state index in [1.54, 1.807) is 12.1 Å². The van der Waals surface area contributed by atoms with Gasteiger partial charge >= 0.3 is 0 Å². The fraction of sp³-hybridized carbons (Fsp3) is 0.133. The Balaban J connectivity index is 2.06. The van der Waals surface area contributed by atoms with E-state index >= 15 is 0 Å². The monoisotopic (exact) mass is 242 g/mol. The molecule has 0 fully saturated rings. The molecule has 1 aliphatic heterocycles. The summed E-state index contributed by atoms with van der Waals surface area (Å²) < 4.78 is 18.6. The Hall–Kier alpha value is -2.16. The summed E-state index contributed by atoms with van der Waals surface area (Å²) in [5, 5.41) is 0. The molecule has 0 aromatic heterocycles. The van der Waals surface area contributed by atoms with Gasteiger partial charge in [0.2, 0.25) is 0 Å². The zero-order valence-corrected chi connectivity index (χ0v) is 9.65. The van der Waals surface area contributed by atoms with Gasteiger partial charge in [0.25, 0.3) is 0 Å². The molecule has 0 amide bonds. The van der Waals surface area contributed by atoms with Gasteiger partial charge in [0, 0.05) is 12.0 Å². The van der Waals surface area contributed by atoms with Crippen molar-refractivity contribution in [2.45, 2.75) is 6.42 Å². The molecule has 0 aliphatic carbocycles. The van der Waals surface area contributed by atoms with Crippen LogP contribution in [0.2, 0.25) is 0 Å². The molecule has 0 N–H and O–H groups in total. The van der Waals surface area contributed by atoms with Crippen molar-refractivity contribution in [2.24, 2.45) is 0 Å². The highest BCUT2D eigenvalue weighted by molar-refractivity contribution is 6.11. The van der Waals surface area contributed by atoms with E-state index in [4.69, 9.17) is 4.74 Å². The maximum absolute atomic E-state index is 13.1. The summed E-state index contributed by atoms with van der Waals surface area (Å²) >= 11 is 0. The summed E-state index contributed by atoms with van der Waals surface area (Å²) in [5.41, 5.74) is 1.90. The van der Waals surface area contributed by atoms with Gasteiger partial charge in [-0.2, -0.15) is 0 Å². The number of para-hydroxylation sites is 1. The number of carbonyl (C=O) groups excluding carboxylic acids is 1. The molecule has 90 valence electrons. The van der Waals surface area contributed by atoms with Crippen LogP contribution in [0.25, 0.3) is 0 Å². The average Bonchev–Trinajstić information content (AvgIpc) is 2.86. The lowest BCUT2D eigenvalue weighted by Crippen LogP contribution is -2.04. The molecule has 2 aromatic rings. The van der Waals surface area contributed by atoms with Crippen LogP contribution < -0.4 is 4.74 Å². The summed E-state index contributed by atoms with van der Waals surface area (Å²) in [4.78, 5) is 12.3. The van der Waals surface area contributed by atoms with E-state index in [1.807, 2.05) is 12.1 Å². The number of hydrogen-bond acceptors (Lipinski definition) is 2. The number of ketones is 1. The van der Waals surface area contributed by atoms with Gasteiger partial charge in [-0.05, 0) is 23.8 Å². The molecular formula is C15H11FO2. The van der Waals surface area contributed by atoms with Crippen molar-refractivity contribution in [3.63, 3.8) is 0 Å². The van der Waals surface area contributed by atoms with E-state index in [2.05, 4.69) is 0 Å². The van der Waals surface area contributed by atoms with Gasteiger partial charge in [-0.1, -0.05) is 24.3 Å². The highest BCUT2D eigenvalue weighted by Gasteiger charge is 2.21. The number of benzene rings is 2. The summed E-state index contributed by atoms with van der Waals surface area (Å²) in [6, 6.07) is 11.2. The summed E-state index contributed by atoms with van der Waals surface area (Å²) in [5.74, 6) is 0.0364. The summed E-state index contributed by atoms with van der Waals surface area (Å²) in [6.07, 6.45) is 0.819.